The predicted molar refractivity (Wildman–Crippen MR) is 179 cm³/mol. The molecule has 258 valence electrons. The Kier molecular flexibility index (Phi) is 24.3. The molecular weight excluding hydrogens is 623 g/mol. The minimum absolute atomic E-state index is 0.161. The first-order valence-electron chi connectivity index (χ1n) is 14.7. The summed E-state index contributed by atoms with van der Waals surface area (Å²) in [6, 6.07) is 16.1. The van der Waals surface area contributed by atoms with Crippen molar-refractivity contribution in [2.45, 2.75) is 65.5 Å². The van der Waals surface area contributed by atoms with Gasteiger partial charge in [0.2, 0.25) is 18.6 Å². The maximum atomic E-state index is 12.7. The van der Waals surface area contributed by atoms with E-state index in [2.05, 4.69) is 53.8 Å². The first-order chi connectivity index (χ1) is 21.7. The van der Waals surface area contributed by atoms with Crippen LogP contribution in [0.1, 0.15) is 57.6 Å². The Labute approximate surface area is 275 Å². The van der Waals surface area contributed by atoms with Gasteiger partial charge in [0, 0.05) is 49.9 Å². The van der Waals surface area contributed by atoms with Gasteiger partial charge < -0.3 is 27.0 Å². The Bertz CT molecular complexity index is 1190. The molecule has 0 spiro atoms. The molecule has 0 fully saturated rings. The Morgan fingerprint density at radius 3 is 2.00 bits per heavy atom. The summed E-state index contributed by atoms with van der Waals surface area (Å²) >= 11 is 6.23. The Balaban J connectivity index is 0. The topological polar surface area (TPSA) is 142 Å². The number of anilines is 1. The van der Waals surface area contributed by atoms with E-state index in [0.717, 1.165) is 42.1 Å². The average molecular weight is 672 g/mol. The van der Waals surface area contributed by atoms with E-state index in [1.807, 2.05) is 56.6 Å². The van der Waals surface area contributed by atoms with Gasteiger partial charge in [0.15, 0.2) is 6.29 Å². The van der Waals surface area contributed by atoms with Gasteiger partial charge in [-0.25, -0.2) is 0 Å². The molecule has 0 unspecified atom stereocenters. The number of hydrogen-bond acceptors (Lipinski definition) is 7. The van der Waals surface area contributed by atoms with Crippen LogP contribution >= 0.6 is 11.6 Å². The number of unbranched alkanes of at least 4 members (excludes halogenated alkanes) is 1. The average Bonchev–Trinajstić information content (AvgIpc) is 3.01. The third kappa shape index (κ3) is 22.6. The number of para-hydroxylation sites is 1. The van der Waals surface area contributed by atoms with Crippen LogP contribution in [-0.4, -0.2) is 58.8 Å². The zero-order valence-corrected chi connectivity index (χ0v) is 28.3. The van der Waals surface area contributed by atoms with Crippen molar-refractivity contribution in [1.82, 2.24) is 16.0 Å². The number of primary amides is 1. The van der Waals surface area contributed by atoms with Crippen molar-refractivity contribution in [3.05, 3.63) is 76.1 Å². The number of nitrogens with two attached hydrogens (primary N) is 1. The lowest BCUT2D eigenvalue weighted by atomic mass is 9.80. The normalized spacial score (nSPS) is 11.0. The molecule has 46 heavy (non-hydrogen) atoms. The summed E-state index contributed by atoms with van der Waals surface area (Å²) in [6.07, 6.45) is 0.220. The molecule has 9 nitrogen and oxygen atoms in total. The first-order valence-corrected chi connectivity index (χ1v) is 15.0. The maximum absolute atomic E-state index is 12.7. The molecule has 0 aromatic heterocycles. The monoisotopic (exact) mass is 671 g/mol. The summed E-state index contributed by atoms with van der Waals surface area (Å²) in [4.78, 5) is 41.4. The van der Waals surface area contributed by atoms with Gasteiger partial charge in [0.05, 0.1) is 0 Å². The van der Waals surface area contributed by atoms with Crippen LogP contribution < -0.4 is 27.0 Å². The second-order valence-corrected chi connectivity index (χ2v) is 11.0. The number of alkyl halides is 3. The highest BCUT2D eigenvalue weighted by Gasteiger charge is 2.25. The summed E-state index contributed by atoms with van der Waals surface area (Å²) < 4.78 is 31.2. The van der Waals surface area contributed by atoms with E-state index in [4.69, 9.17) is 21.2 Å². The van der Waals surface area contributed by atoms with Crippen molar-refractivity contribution in [1.29, 1.82) is 0 Å². The molecule has 0 aliphatic heterocycles. The second kappa shape index (κ2) is 25.3. The number of amides is 2. The molecule has 2 rings (SSSR count). The molecule has 0 saturated heterocycles. The van der Waals surface area contributed by atoms with Gasteiger partial charge in [0.25, 0.3) is 0 Å². The van der Waals surface area contributed by atoms with Crippen LogP contribution in [0.4, 0.5) is 18.9 Å². The summed E-state index contributed by atoms with van der Waals surface area (Å²) in [5.41, 5.74) is 8.57. The SMILES string of the molecule is CCCCc1ccc(Cl)cc1CC(C)(C)CC(=O)N/C(C=O)=C(\CCNC)NC.CNc1ccccc1.NC=O.O=CC(F)(F)F. The van der Waals surface area contributed by atoms with Crippen LogP contribution in [0, 0.1) is 5.41 Å². The Morgan fingerprint density at radius 2 is 1.57 bits per heavy atom. The van der Waals surface area contributed by atoms with E-state index in [1.165, 1.54) is 11.1 Å². The summed E-state index contributed by atoms with van der Waals surface area (Å²) in [7, 11) is 5.51. The van der Waals surface area contributed by atoms with Crippen molar-refractivity contribution in [2.75, 3.05) is 33.0 Å². The number of hydrogen-bond donors (Lipinski definition) is 5. The number of carbonyl (C=O) groups is 4. The molecule has 0 aliphatic rings. The Hall–Kier alpha value is -3.90. The molecule has 6 N–H and O–H groups in total. The van der Waals surface area contributed by atoms with Gasteiger partial charge in [-0.3, -0.25) is 19.2 Å². The molecule has 0 bridgehead atoms. The van der Waals surface area contributed by atoms with E-state index in [0.29, 0.717) is 31.4 Å². The van der Waals surface area contributed by atoms with Crippen molar-refractivity contribution >= 4 is 42.2 Å². The lowest BCUT2D eigenvalue weighted by molar-refractivity contribution is -0.156. The number of aryl methyl sites for hydroxylation is 1. The highest BCUT2D eigenvalue weighted by Crippen LogP contribution is 2.30. The van der Waals surface area contributed by atoms with E-state index in [1.54, 1.807) is 7.05 Å². The molecule has 0 saturated carbocycles. The fourth-order valence-corrected chi connectivity index (χ4v) is 4.20. The minimum atomic E-state index is -4.64. The number of rotatable bonds is 14. The minimum Gasteiger partial charge on any atom is -0.390 e. The number of carbonyl (C=O) groups excluding carboxylic acids is 4. The van der Waals surface area contributed by atoms with Gasteiger partial charge >= 0.3 is 6.18 Å². The number of nitrogens with one attached hydrogen (secondary N) is 4. The molecule has 13 heteroatoms. The first kappa shape index (κ1) is 44.2. The van der Waals surface area contributed by atoms with Crippen LogP contribution in [0.3, 0.4) is 0 Å². The van der Waals surface area contributed by atoms with Gasteiger partial charge in [-0.05, 0) is 67.1 Å². The smallest absolute Gasteiger partial charge is 0.390 e. The lowest BCUT2D eigenvalue weighted by Gasteiger charge is -2.26. The molecule has 0 atom stereocenters. The summed E-state index contributed by atoms with van der Waals surface area (Å²) in [5, 5.41) is 12.6. The zero-order chi connectivity index (χ0) is 35.6. The molecule has 0 radical (unpaired) electrons. The van der Waals surface area contributed by atoms with Crippen molar-refractivity contribution in [3.8, 4) is 0 Å². The fourth-order valence-electron chi connectivity index (χ4n) is 4.00. The molecular formula is C33H49ClF3N5O4. The van der Waals surface area contributed by atoms with Crippen molar-refractivity contribution in [2.24, 2.45) is 11.1 Å². The summed E-state index contributed by atoms with van der Waals surface area (Å²) in [6.45, 7) is 7.03. The third-order valence-corrected chi connectivity index (χ3v) is 6.35. The van der Waals surface area contributed by atoms with E-state index in [-0.39, 0.29) is 17.7 Å². The van der Waals surface area contributed by atoms with Gasteiger partial charge in [-0.1, -0.05) is 63.1 Å². The maximum Gasteiger partial charge on any atom is 0.446 e. The Morgan fingerprint density at radius 1 is 0.978 bits per heavy atom. The second-order valence-electron chi connectivity index (χ2n) is 10.6. The van der Waals surface area contributed by atoms with Gasteiger partial charge in [0.1, 0.15) is 5.70 Å². The number of halogens is 4. The quantitative estimate of drug-likeness (QED) is 0.131. The number of aldehydes is 2. The highest BCUT2D eigenvalue weighted by atomic mass is 35.5. The largest absolute Gasteiger partial charge is 0.446 e. The molecule has 2 amide bonds. The number of allylic oxidation sites excluding steroid dienone is 1. The molecule has 2 aromatic carbocycles. The van der Waals surface area contributed by atoms with Crippen LogP contribution in [-0.2, 0) is 32.0 Å². The fraction of sp³-hybridized carbons (Fsp3) is 0.455. The third-order valence-electron chi connectivity index (χ3n) is 6.12. The standard InChI is InChI=1S/C23H36ClN3O2.C7H9N.C2HF3O.CH3NO/c1-6-7-8-17-9-10-19(24)13-18(17)14-23(2,3)15-22(29)27-21(16-28)20(26-5)11-12-25-4;1-8-7-5-3-2-4-6-7;3-2(4,5)1-6;2-1-3/h9-10,13,16,25-26H,6-8,11-12,14-15H2,1-5H3,(H,27,29);2-6,8H,1H3;1H;1H,(H2,2,3)/b21-20+;;;. The highest BCUT2D eigenvalue weighted by molar-refractivity contribution is 6.30. The molecule has 0 aliphatic carbocycles. The van der Waals surface area contributed by atoms with Gasteiger partial charge in [-0.2, -0.15) is 13.2 Å². The number of benzene rings is 2. The van der Waals surface area contributed by atoms with Crippen molar-refractivity contribution < 1.29 is 32.3 Å². The van der Waals surface area contributed by atoms with E-state index >= 15 is 0 Å². The van der Waals surface area contributed by atoms with Crippen LogP contribution in [0.5, 0.6) is 0 Å². The zero-order valence-electron chi connectivity index (χ0n) is 27.5. The molecule has 0 heterocycles. The summed E-state index contributed by atoms with van der Waals surface area (Å²) in [5.74, 6) is -0.161. The van der Waals surface area contributed by atoms with E-state index in [9.17, 15) is 22.8 Å². The van der Waals surface area contributed by atoms with Crippen LogP contribution in [0.25, 0.3) is 0 Å². The predicted octanol–water partition coefficient (Wildman–Crippen LogP) is 5.57. The molecule has 2 aromatic rings. The van der Waals surface area contributed by atoms with Crippen LogP contribution in [0.2, 0.25) is 5.02 Å². The van der Waals surface area contributed by atoms with Crippen LogP contribution in [0.15, 0.2) is 59.9 Å². The van der Waals surface area contributed by atoms with Gasteiger partial charge in [-0.15, -0.1) is 0 Å². The van der Waals surface area contributed by atoms with E-state index < -0.39 is 12.5 Å². The van der Waals surface area contributed by atoms with Crippen molar-refractivity contribution in [3.63, 3.8) is 0 Å². The lowest BCUT2D eigenvalue weighted by Crippen LogP contribution is -2.32.